The van der Waals surface area contributed by atoms with Crippen LogP contribution >= 0.6 is 24.0 Å². The van der Waals surface area contributed by atoms with E-state index in [-0.39, 0.29) is 24.4 Å². The number of aromatic nitrogens is 5. The summed E-state index contributed by atoms with van der Waals surface area (Å²) in [5, 5.41) is 19.3. The molecule has 28 heavy (non-hydrogen) atoms. The molecule has 1 amide bonds. The van der Waals surface area contributed by atoms with Crippen molar-refractivity contribution in [2.75, 3.05) is 18.4 Å². The molecule has 4 rings (SSSR count). The maximum absolute atomic E-state index is 12.6. The predicted molar refractivity (Wildman–Crippen MR) is 109 cm³/mol. The minimum atomic E-state index is -0.298. The van der Waals surface area contributed by atoms with Crippen LogP contribution in [-0.4, -0.2) is 43.8 Å². The Hall–Kier alpha value is -2.42. The van der Waals surface area contributed by atoms with E-state index >= 15 is 0 Å². The summed E-state index contributed by atoms with van der Waals surface area (Å²) in [5.41, 5.74) is 1.34. The van der Waals surface area contributed by atoms with Crippen LogP contribution in [-0.2, 0) is 6.54 Å². The van der Waals surface area contributed by atoms with Gasteiger partial charge in [0.2, 0.25) is 0 Å². The summed E-state index contributed by atoms with van der Waals surface area (Å²) < 4.78 is 3.51. The molecule has 2 aromatic heterocycles. The van der Waals surface area contributed by atoms with E-state index in [1.54, 1.807) is 27.8 Å². The number of piperidine rings is 1. The standard InChI is InChI=1S/C18H20ClN7O.ClH/c19-14-3-1-13(2-4-14)11-26-17(7-10-21-26)22-18(27)16-12-25(24-23-16)15-5-8-20-9-6-15;/h1-4,7,10,12,15,20H,5-6,8-9,11H2,(H,22,27);1H. The van der Waals surface area contributed by atoms with Crippen LogP contribution in [0.5, 0.6) is 0 Å². The molecule has 1 fully saturated rings. The number of rotatable bonds is 5. The molecule has 148 valence electrons. The molecule has 2 N–H and O–H groups in total. The van der Waals surface area contributed by atoms with Crippen molar-refractivity contribution in [3.63, 3.8) is 0 Å². The van der Waals surface area contributed by atoms with Crippen LogP contribution in [0.4, 0.5) is 5.82 Å². The first kappa shape index (κ1) is 20.3. The minimum absolute atomic E-state index is 0. The molecular formula is C18H21Cl2N7O. The van der Waals surface area contributed by atoms with Gasteiger partial charge in [-0.1, -0.05) is 28.9 Å². The number of halogens is 2. The molecule has 0 saturated carbocycles. The highest BCUT2D eigenvalue weighted by Crippen LogP contribution is 2.18. The summed E-state index contributed by atoms with van der Waals surface area (Å²) in [6.07, 6.45) is 5.33. The molecular weight excluding hydrogens is 401 g/mol. The molecule has 0 aliphatic carbocycles. The molecule has 8 nitrogen and oxygen atoms in total. The zero-order valence-electron chi connectivity index (χ0n) is 15.1. The van der Waals surface area contributed by atoms with E-state index in [1.165, 1.54) is 0 Å². The van der Waals surface area contributed by atoms with Crippen molar-refractivity contribution in [3.05, 3.63) is 59.0 Å². The summed E-state index contributed by atoms with van der Waals surface area (Å²) in [4.78, 5) is 12.6. The third-order valence-electron chi connectivity index (χ3n) is 4.63. The van der Waals surface area contributed by atoms with Gasteiger partial charge in [0.1, 0.15) is 5.82 Å². The van der Waals surface area contributed by atoms with Gasteiger partial charge in [-0.3, -0.25) is 4.79 Å². The SMILES string of the molecule is Cl.O=C(Nc1ccnn1Cc1ccc(Cl)cc1)c1cn(C2CCNCC2)nn1. The Bertz CT molecular complexity index is 916. The summed E-state index contributed by atoms with van der Waals surface area (Å²) in [6.45, 7) is 2.44. The smallest absolute Gasteiger partial charge is 0.278 e. The Kier molecular flexibility index (Phi) is 6.66. The van der Waals surface area contributed by atoms with Gasteiger partial charge in [0.15, 0.2) is 5.69 Å². The van der Waals surface area contributed by atoms with Gasteiger partial charge in [-0.05, 0) is 43.6 Å². The maximum Gasteiger partial charge on any atom is 0.278 e. The fourth-order valence-corrected chi connectivity index (χ4v) is 3.26. The zero-order chi connectivity index (χ0) is 18.6. The Morgan fingerprint density at radius 2 is 1.96 bits per heavy atom. The largest absolute Gasteiger partial charge is 0.317 e. The third-order valence-corrected chi connectivity index (χ3v) is 4.88. The second-order valence-corrected chi connectivity index (χ2v) is 6.96. The van der Waals surface area contributed by atoms with E-state index in [4.69, 9.17) is 11.6 Å². The molecule has 1 aliphatic heterocycles. The molecule has 3 heterocycles. The normalized spacial score (nSPS) is 14.5. The van der Waals surface area contributed by atoms with Crippen LogP contribution in [0, 0.1) is 0 Å². The molecule has 1 aromatic carbocycles. The number of benzene rings is 1. The fraction of sp³-hybridized carbons (Fsp3) is 0.333. The number of nitrogens with zero attached hydrogens (tertiary/aromatic N) is 5. The van der Waals surface area contributed by atoms with Crippen molar-refractivity contribution < 1.29 is 4.79 Å². The zero-order valence-corrected chi connectivity index (χ0v) is 16.7. The lowest BCUT2D eigenvalue weighted by Gasteiger charge is -2.22. The van der Waals surface area contributed by atoms with Gasteiger partial charge in [0, 0.05) is 11.1 Å². The molecule has 1 saturated heterocycles. The van der Waals surface area contributed by atoms with Gasteiger partial charge >= 0.3 is 0 Å². The Labute approximate surface area is 173 Å². The molecule has 0 spiro atoms. The quantitative estimate of drug-likeness (QED) is 0.660. The van der Waals surface area contributed by atoms with Gasteiger partial charge in [0.25, 0.3) is 5.91 Å². The summed E-state index contributed by atoms with van der Waals surface area (Å²) in [7, 11) is 0. The highest BCUT2D eigenvalue weighted by atomic mass is 35.5. The predicted octanol–water partition coefficient (Wildman–Crippen LogP) is 2.77. The highest BCUT2D eigenvalue weighted by Gasteiger charge is 2.19. The molecule has 0 radical (unpaired) electrons. The number of hydrogen-bond acceptors (Lipinski definition) is 5. The number of hydrogen-bond donors (Lipinski definition) is 2. The van der Waals surface area contributed by atoms with Crippen LogP contribution in [0.15, 0.2) is 42.7 Å². The van der Waals surface area contributed by atoms with Gasteiger partial charge in [-0.2, -0.15) is 5.10 Å². The summed E-state index contributed by atoms with van der Waals surface area (Å²) >= 11 is 5.92. The molecule has 3 aromatic rings. The van der Waals surface area contributed by atoms with Crippen molar-refractivity contribution in [2.45, 2.75) is 25.4 Å². The van der Waals surface area contributed by atoms with E-state index in [2.05, 4.69) is 26.0 Å². The van der Waals surface area contributed by atoms with Crippen molar-refractivity contribution in [1.29, 1.82) is 0 Å². The molecule has 0 unspecified atom stereocenters. The van der Waals surface area contributed by atoms with Crippen LogP contribution in [0.3, 0.4) is 0 Å². The van der Waals surface area contributed by atoms with Crippen LogP contribution in [0.25, 0.3) is 0 Å². The lowest BCUT2D eigenvalue weighted by Crippen LogP contribution is -2.29. The minimum Gasteiger partial charge on any atom is -0.317 e. The molecule has 0 bridgehead atoms. The number of nitrogens with one attached hydrogen (secondary N) is 2. The lowest BCUT2D eigenvalue weighted by atomic mass is 10.1. The number of carbonyl (C=O) groups excluding carboxylic acids is 1. The van der Waals surface area contributed by atoms with Crippen LogP contribution in [0.2, 0.25) is 5.02 Å². The van der Waals surface area contributed by atoms with E-state index in [0.717, 1.165) is 31.5 Å². The first-order valence-electron chi connectivity index (χ1n) is 8.89. The van der Waals surface area contributed by atoms with Gasteiger partial charge in [-0.15, -0.1) is 17.5 Å². The monoisotopic (exact) mass is 421 g/mol. The topological polar surface area (TPSA) is 89.7 Å². The van der Waals surface area contributed by atoms with Crippen LogP contribution in [0.1, 0.15) is 34.9 Å². The number of anilines is 1. The second-order valence-electron chi connectivity index (χ2n) is 6.52. The highest BCUT2D eigenvalue weighted by molar-refractivity contribution is 6.30. The first-order chi connectivity index (χ1) is 13.2. The van der Waals surface area contributed by atoms with Crippen LogP contribution < -0.4 is 10.6 Å². The summed E-state index contributed by atoms with van der Waals surface area (Å²) in [5.74, 6) is 0.305. The van der Waals surface area contributed by atoms with Crippen molar-refractivity contribution in [1.82, 2.24) is 30.1 Å². The first-order valence-corrected chi connectivity index (χ1v) is 9.27. The number of carbonyl (C=O) groups is 1. The third kappa shape index (κ3) is 4.70. The van der Waals surface area contributed by atoms with Gasteiger partial charge < -0.3 is 10.6 Å². The molecule has 1 aliphatic rings. The Morgan fingerprint density at radius 3 is 2.71 bits per heavy atom. The average Bonchev–Trinajstić information content (AvgIpc) is 3.34. The maximum atomic E-state index is 12.6. The van der Waals surface area contributed by atoms with Crippen molar-refractivity contribution >= 4 is 35.7 Å². The molecule has 10 heteroatoms. The van der Waals surface area contributed by atoms with Crippen molar-refractivity contribution in [2.24, 2.45) is 0 Å². The number of amides is 1. The lowest BCUT2D eigenvalue weighted by molar-refractivity contribution is 0.102. The molecule has 0 atom stereocenters. The Morgan fingerprint density at radius 1 is 1.21 bits per heavy atom. The summed E-state index contributed by atoms with van der Waals surface area (Å²) in [6, 6.07) is 9.57. The second kappa shape index (κ2) is 9.18. The average molecular weight is 422 g/mol. The van der Waals surface area contributed by atoms with E-state index in [0.29, 0.717) is 23.1 Å². The Balaban J connectivity index is 0.00000225. The fourth-order valence-electron chi connectivity index (χ4n) is 3.14. The van der Waals surface area contributed by atoms with E-state index in [9.17, 15) is 4.79 Å². The van der Waals surface area contributed by atoms with Gasteiger partial charge in [0.05, 0.1) is 25.0 Å². The van der Waals surface area contributed by atoms with E-state index < -0.39 is 0 Å². The van der Waals surface area contributed by atoms with Gasteiger partial charge in [-0.25, -0.2) is 9.36 Å². The van der Waals surface area contributed by atoms with Crippen molar-refractivity contribution in [3.8, 4) is 0 Å². The van der Waals surface area contributed by atoms with E-state index in [1.807, 2.05) is 24.3 Å².